The Kier molecular flexibility index (Phi) is 4.96. The van der Waals surface area contributed by atoms with Crippen LogP contribution in [0.15, 0.2) is 97.9 Å². The topological polar surface area (TPSA) is 54.6 Å². The van der Waals surface area contributed by atoms with E-state index in [1.54, 1.807) is 24.5 Å². The molecule has 1 N–H and O–H groups in total. The molecule has 2 aromatic carbocycles. The van der Waals surface area contributed by atoms with Gasteiger partial charge in [-0.3, -0.25) is 9.55 Å². The van der Waals surface area contributed by atoms with Gasteiger partial charge in [-0.2, -0.15) is 0 Å². The number of allylic oxidation sites excluding steroid dienone is 3. The van der Waals surface area contributed by atoms with E-state index in [-0.39, 0.29) is 0 Å². The first-order valence-electron chi connectivity index (χ1n) is 10.5. The number of nitrogens with one attached hydrogen (secondary N) is 1. The van der Waals surface area contributed by atoms with Crippen molar-refractivity contribution in [2.75, 3.05) is 0 Å². The summed E-state index contributed by atoms with van der Waals surface area (Å²) in [4.78, 5) is 9.18. The lowest BCUT2D eigenvalue weighted by Crippen LogP contribution is -2.01. The second-order valence-corrected chi connectivity index (χ2v) is 7.70. The third-order valence-corrected chi connectivity index (χ3v) is 5.66. The van der Waals surface area contributed by atoms with Gasteiger partial charge in [0.25, 0.3) is 0 Å². The summed E-state index contributed by atoms with van der Waals surface area (Å²) < 4.78 is 2.21. The Balaban J connectivity index is 1.87. The summed E-state index contributed by atoms with van der Waals surface area (Å²) >= 11 is 0. The van der Waals surface area contributed by atoms with Gasteiger partial charge < -0.3 is 5.41 Å². The Labute approximate surface area is 186 Å². The largest absolute Gasteiger partial charge is 0.309 e. The number of hydrogen-bond acceptors (Lipinski definition) is 3. The van der Waals surface area contributed by atoms with E-state index in [1.165, 1.54) is 22.6 Å². The highest BCUT2D eigenvalue weighted by Crippen LogP contribution is 2.34. The summed E-state index contributed by atoms with van der Waals surface area (Å²) in [5, 5.41) is 9.94. The fourth-order valence-electron chi connectivity index (χ4n) is 4.17. The van der Waals surface area contributed by atoms with Crippen LogP contribution >= 0.6 is 0 Å². The lowest BCUT2D eigenvalue weighted by molar-refractivity contribution is 1.07. The molecule has 4 heteroatoms. The molecule has 0 saturated heterocycles. The SMILES string of the molecule is C=C/C(=C\C=N)c1cc(-c2ccncc2)cc(-n2c3ccccc3c3cc(C)ccc32)n1. The van der Waals surface area contributed by atoms with Gasteiger partial charge in [-0.1, -0.05) is 42.5 Å². The zero-order chi connectivity index (χ0) is 22.1. The number of benzene rings is 2. The summed E-state index contributed by atoms with van der Waals surface area (Å²) in [5.74, 6) is 0.821. The number of aryl methyl sites for hydroxylation is 1. The fourth-order valence-corrected chi connectivity index (χ4v) is 4.17. The van der Waals surface area contributed by atoms with E-state index in [9.17, 15) is 0 Å². The van der Waals surface area contributed by atoms with Gasteiger partial charge in [-0.25, -0.2) is 4.98 Å². The molecular weight excluding hydrogens is 392 g/mol. The Morgan fingerprint density at radius 1 is 0.906 bits per heavy atom. The molecule has 5 aromatic rings. The predicted octanol–water partition coefficient (Wildman–Crippen LogP) is 6.77. The van der Waals surface area contributed by atoms with Crippen LogP contribution in [0.5, 0.6) is 0 Å². The second-order valence-electron chi connectivity index (χ2n) is 7.70. The molecular formula is C28H22N4. The summed E-state index contributed by atoms with van der Waals surface area (Å²) in [6, 6.07) is 23.1. The van der Waals surface area contributed by atoms with Gasteiger partial charge in [0.05, 0.1) is 16.7 Å². The maximum Gasteiger partial charge on any atom is 0.138 e. The minimum atomic E-state index is 0.769. The van der Waals surface area contributed by atoms with Crippen molar-refractivity contribution in [1.82, 2.24) is 14.5 Å². The Hall–Kier alpha value is -4.31. The molecule has 0 unspecified atom stereocenters. The van der Waals surface area contributed by atoms with Crippen LogP contribution in [0.3, 0.4) is 0 Å². The molecule has 0 aliphatic rings. The van der Waals surface area contributed by atoms with Crippen LogP contribution in [0.1, 0.15) is 11.3 Å². The molecule has 0 amide bonds. The van der Waals surface area contributed by atoms with Gasteiger partial charge in [0.2, 0.25) is 0 Å². The molecule has 0 aliphatic carbocycles. The molecule has 0 bridgehead atoms. The van der Waals surface area contributed by atoms with Crippen molar-refractivity contribution in [3.05, 3.63) is 109 Å². The summed E-state index contributed by atoms with van der Waals surface area (Å²) in [6.45, 7) is 6.05. The van der Waals surface area contributed by atoms with Crippen LogP contribution in [0.25, 0.3) is 44.3 Å². The number of para-hydroxylation sites is 1. The molecule has 0 spiro atoms. The minimum Gasteiger partial charge on any atom is -0.309 e. The van der Waals surface area contributed by atoms with E-state index in [0.717, 1.165) is 39.2 Å². The van der Waals surface area contributed by atoms with Crippen LogP contribution in [0.4, 0.5) is 0 Å². The highest BCUT2D eigenvalue weighted by Gasteiger charge is 2.15. The maximum atomic E-state index is 7.54. The summed E-state index contributed by atoms with van der Waals surface area (Å²) in [5.41, 5.74) is 7.10. The number of hydrogen-bond donors (Lipinski definition) is 1. The third-order valence-electron chi connectivity index (χ3n) is 5.66. The molecule has 3 heterocycles. The highest BCUT2D eigenvalue weighted by molar-refractivity contribution is 6.09. The molecule has 3 aromatic heterocycles. The standard InChI is InChI=1S/C28H22N4/c1-3-20(10-13-29)25-17-22(21-11-14-30-15-12-21)18-28(31-25)32-26-7-5-4-6-23(26)24-16-19(2)8-9-27(24)32/h3-18,29H,1H2,2H3/b20-10+,29-13?. The van der Waals surface area contributed by atoms with Gasteiger partial charge in [-0.05, 0) is 66.6 Å². The maximum absolute atomic E-state index is 7.54. The Morgan fingerprint density at radius 3 is 2.47 bits per heavy atom. The number of pyridine rings is 2. The van der Waals surface area contributed by atoms with E-state index in [1.807, 2.05) is 18.2 Å². The minimum absolute atomic E-state index is 0.769. The monoisotopic (exact) mass is 414 g/mol. The van der Waals surface area contributed by atoms with Crippen molar-refractivity contribution in [3.63, 3.8) is 0 Å². The molecule has 0 fully saturated rings. The van der Waals surface area contributed by atoms with Gasteiger partial charge in [0.1, 0.15) is 5.82 Å². The summed E-state index contributed by atoms with van der Waals surface area (Å²) in [7, 11) is 0. The van der Waals surface area contributed by atoms with Crippen LogP contribution in [0, 0.1) is 12.3 Å². The first kappa shape index (κ1) is 19.6. The van der Waals surface area contributed by atoms with Gasteiger partial charge >= 0.3 is 0 Å². The zero-order valence-corrected chi connectivity index (χ0v) is 17.8. The lowest BCUT2D eigenvalue weighted by Gasteiger charge is -2.13. The second kappa shape index (κ2) is 8.08. The third kappa shape index (κ3) is 3.32. The van der Waals surface area contributed by atoms with E-state index in [2.05, 4.69) is 71.6 Å². The Morgan fingerprint density at radius 2 is 1.69 bits per heavy atom. The van der Waals surface area contributed by atoms with Crippen molar-refractivity contribution < 1.29 is 0 Å². The quantitative estimate of drug-likeness (QED) is 0.255. The fraction of sp³-hybridized carbons (Fsp3) is 0.0357. The molecule has 4 nitrogen and oxygen atoms in total. The smallest absolute Gasteiger partial charge is 0.138 e. The van der Waals surface area contributed by atoms with Crippen molar-refractivity contribution in [1.29, 1.82) is 5.41 Å². The molecule has 32 heavy (non-hydrogen) atoms. The zero-order valence-electron chi connectivity index (χ0n) is 17.8. The molecule has 0 radical (unpaired) electrons. The van der Waals surface area contributed by atoms with Gasteiger partial charge in [0.15, 0.2) is 0 Å². The van der Waals surface area contributed by atoms with Crippen LogP contribution < -0.4 is 0 Å². The van der Waals surface area contributed by atoms with Crippen LogP contribution in [0.2, 0.25) is 0 Å². The number of nitrogens with zero attached hydrogens (tertiary/aromatic N) is 3. The van der Waals surface area contributed by atoms with E-state index in [0.29, 0.717) is 0 Å². The number of rotatable bonds is 5. The molecule has 0 saturated carbocycles. The van der Waals surface area contributed by atoms with E-state index in [4.69, 9.17) is 10.4 Å². The molecule has 5 rings (SSSR count). The average molecular weight is 415 g/mol. The van der Waals surface area contributed by atoms with Crippen molar-refractivity contribution in [2.24, 2.45) is 0 Å². The lowest BCUT2D eigenvalue weighted by atomic mass is 10.0. The number of fused-ring (bicyclic) bond motifs is 3. The first-order chi connectivity index (χ1) is 15.7. The number of aromatic nitrogens is 3. The van der Waals surface area contributed by atoms with Crippen molar-refractivity contribution in [3.8, 4) is 16.9 Å². The van der Waals surface area contributed by atoms with Gasteiger partial charge in [0, 0.05) is 35.0 Å². The molecule has 0 aliphatic heterocycles. The van der Waals surface area contributed by atoms with E-state index < -0.39 is 0 Å². The van der Waals surface area contributed by atoms with Crippen LogP contribution in [-0.4, -0.2) is 20.7 Å². The van der Waals surface area contributed by atoms with Gasteiger partial charge in [-0.15, -0.1) is 0 Å². The van der Waals surface area contributed by atoms with Crippen molar-refractivity contribution >= 4 is 33.6 Å². The predicted molar refractivity (Wildman–Crippen MR) is 134 cm³/mol. The van der Waals surface area contributed by atoms with E-state index >= 15 is 0 Å². The first-order valence-corrected chi connectivity index (χ1v) is 10.5. The Bertz CT molecular complexity index is 1510. The molecule has 0 atom stereocenters. The van der Waals surface area contributed by atoms with Crippen molar-refractivity contribution in [2.45, 2.75) is 6.92 Å². The highest BCUT2D eigenvalue weighted by atomic mass is 15.1. The molecule has 154 valence electrons. The average Bonchev–Trinajstić information content (AvgIpc) is 3.16. The van der Waals surface area contributed by atoms with Crippen LogP contribution in [-0.2, 0) is 0 Å². The normalized spacial score (nSPS) is 11.7. The summed E-state index contributed by atoms with van der Waals surface area (Å²) in [6.07, 6.45) is 8.30.